The Morgan fingerprint density at radius 2 is 2.06 bits per heavy atom. The van der Waals surface area contributed by atoms with Gasteiger partial charge < -0.3 is 25.1 Å². The summed E-state index contributed by atoms with van der Waals surface area (Å²) < 4.78 is 12.3. The molecule has 3 N–H and O–H groups in total. The fraction of sp³-hybridized carbons (Fsp3) is 0.458. The number of pyridine rings is 1. The van der Waals surface area contributed by atoms with Crippen molar-refractivity contribution in [3.63, 3.8) is 0 Å². The number of nitrogens with one attached hydrogen (secondary N) is 3. The summed E-state index contributed by atoms with van der Waals surface area (Å²) in [5, 5.41) is 10.3. The molecule has 4 rings (SSSR count). The molecule has 1 aliphatic carbocycles. The van der Waals surface area contributed by atoms with Crippen LogP contribution in [0.3, 0.4) is 0 Å². The number of aromatic nitrogens is 4. The molecule has 0 radical (unpaired) electrons. The summed E-state index contributed by atoms with van der Waals surface area (Å²) in [5.74, 6) is 0.211. The van der Waals surface area contributed by atoms with Gasteiger partial charge in [-0.15, -0.1) is 0 Å². The molecular formula is C24H31N7O5. The van der Waals surface area contributed by atoms with Crippen LogP contribution in [-0.4, -0.2) is 63.5 Å². The van der Waals surface area contributed by atoms with Crippen LogP contribution in [0.2, 0.25) is 0 Å². The summed E-state index contributed by atoms with van der Waals surface area (Å²) in [4.78, 5) is 46.6. The van der Waals surface area contributed by atoms with Gasteiger partial charge >= 0.3 is 6.09 Å². The van der Waals surface area contributed by atoms with Crippen LogP contribution in [0.15, 0.2) is 35.4 Å². The van der Waals surface area contributed by atoms with Crippen molar-refractivity contribution < 1.29 is 19.1 Å². The fourth-order valence-corrected chi connectivity index (χ4v) is 4.04. The van der Waals surface area contributed by atoms with E-state index in [-0.39, 0.29) is 46.3 Å². The Hall–Kier alpha value is -3.93. The molecule has 0 saturated heterocycles. The van der Waals surface area contributed by atoms with Crippen LogP contribution in [0.1, 0.15) is 50.4 Å². The van der Waals surface area contributed by atoms with E-state index in [1.807, 2.05) is 0 Å². The topological polar surface area (TPSA) is 143 Å². The van der Waals surface area contributed by atoms with Gasteiger partial charge in [0.1, 0.15) is 28.5 Å². The van der Waals surface area contributed by atoms with E-state index in [1.54, 1.807) is 46.1 Å². The summed E-state index contributed by atoms with van der Waals surface area (Å²) >= 11 is 0. The molecule has 0 bridgehead atoms. The van der Waals surface area contributed by atoms with Crippen molar-refractivity contribution in [1.82, 2.24) is 24.9 Å². The zero-order chi connectivity index (χ0) is 26.0. The largest absolute Gasteiger partial charge is 0.443 e. The lowest BCUT2D eigenvalue weighted by molar-refractivity contribution is 0.0587. The third-order valence-corrected chi connectivity index (χ3v) is 5.84. The van der Waals surface area contributed by atoms with Gasteiger partial charge in [-0.1, -0.05) is 0 Å². The minimum absolute atomic E-state index is 0.0227. The third-order valence-electron chi connectivity index (χ3n) is 5.84. The first-order valence-corrected chi connectivity index (χ1v) is 11.7. The van der Waals surface area contributed by atoms with E-state index in [4.69, 9.17) is 9.47 Å². The average molecular weight is 498 g/mol. The normalized spacial score (nSPS) is 17.7. The van der Waals surface area contributed by atoms with Crippen LogP contribution >= 0.6 is 0 Å². The molecule has 36 heavy (non-hydrogen) atoms. The zero-order valence-corrected chi connectivity index (χ0v) is 21.0. The van der Waals surface area contributed by atoms with E-state index in [1.165, 1.54) is 28.9 Å². The Labute approximate surface area is 208 Å². The molecule has 3 aromatic rings. The number of hydrogen-bond donors (Lipinski definition) is 3. The van der Waals surface area contributed by atoms with E-state index < -0.39 is 11.7 Å². The number of ether oxygens (including phenoxy) is 2. The smallest absolute Gasteiger partial charge is 0.415 e. The minimum Gasteiger partial charge on any atom is -0.443 e. The molecule has 2 atom stereocenters. The number of anilines is 3. The van der Waals surface area contributed by atoms with Crippen molar-refractivity contribution in [2.24, 2.45) is 0 Å². The molecule has 0 aliphatic heterocycles. The van der Waals surface area contributed by atoms with E-state index in [0.717, 1.165) is 19.3 Å². The number of amides is 2. The molecule has 2 amide bonds. The second kappa shape index (κ2) is 9.97. The summed E-state index contributed by atoms with van der Waals surface area (Å²) in [6.07, 6.45) is 4.84. The number of nitrogens with zero attached hydrogens (tertiary/aromatic N) is 4. The van der Waals surface area contributed by atoms with Gasteiger partial charge in [0.2, 0.25) is 0 Å². The van der Waals surface area contributed by atoms with Crippen LogP contribution in [0, 0.1) is 0 Å². The number of carbonyl (C=O) groups excluding carboxylic acids is 2. The first-order valence-electron chi connectivity index (χ1n) is 11.7. The second-order valence-electron chi connectivity index (χ2n) is 9.71. The SMILES string of the molecule is CO[C@@H]1CC[C@@H](NC(=O)c2cnn3c(N(C)C(=O)OC(C)(C)C)cc(Nc4ccc[nH]c4=O)nc23)C1. The summed E-state index contributed by atoms with van der Waals surface area (Å²) in [6, 6.07) is 4.80. The maximum absolute atomic E-state index is 13.2. The highest BCUT2D eigenvalue weighted by atomic mass is 16.6. The molecule has 0 aromatic carbocycles. The average Bonchev–Trinajstić information content (AvgIpc) is 3.45. The molecule has 3 heterocycles. The van der Waals surface area contributed by atoms with E-state index in [0.29, 0.717) is 5.82 Å². The molecule has 12 heteroatoms. The number of fused-ring (bicyclic) bond motifs is 1. The van der Waals surface area contributed by atoms with Crippen LogP contribution in [-0.2, 0) is 9.47 Å². The van der Waals surface area contributed by atoms with Crippen molar-refractivity contribution >= 4 is 35.0 Å². The summed E-state index contributed by atoms with van der Waals surface area (Å²) in [7, 11) is 3.20. The summed E-state index contributed by atoms with van der Waals surface area (Å²) in [6.45, 7) is 5.30. The number of carbonyl (C=O) groups is 2. The Morgan fingerprint density at radius 1 is 1.28 bits per heavy atom. The van der Waals surface area contributed by atoms with Gasteiger partial charge in [0.05, 0.1) is 12.3 Å². The number of H-pyrrole nitrogens is 1. The quantitative estimate of drug-likeness (QED) is 0.472. The maximum atomic E-state index is 13.2. The lowest BCUT2D eigenvalue weighted by Gasteiger charge is -2.25. The van der Waals surface area contributed by atoms with Crippen LogP contribution in [0.5, 0.6) is 0 Å². The highest BCUT2D eigenvalue weighted by Crippen LogP contribution is 2.26. The van der Waals surface area contributed by atoms with Gasteiger partial charge in [0.15, 0.2) is 5.65 Å². The highest BCUT2D eigenvalue weighted by molar-refractivity contribution is 6.00. The maximum Gasteiger partial charge on any atom is 0.415 e. The van der Waals surface area contributed by atoms with E-state index in [9.17, 15) is 14.4 Å². The van der Waals surface area contributed by atoms with Crippen LogP contribution < -0.4 is 21.1 Å². The van der Waals surface area contributed by atoms with E-state index in [2.05, 4.69) is 25.7 Å². The molecule has 1 fully saturated rings. The molecular weight excluding hydrogens is 466 g/mol. The van der Waals surface area contributed by atoms with Gasteiger partial charge in [-0.25, -0.2) is 9.78 Å². The zero-order valence-electron chi connectivity index (χ0n) is 21.0. The molecule has 3 aromatic heterocycles. The number of rotatable bonds is 6. The van der Waals surface area contributed by atoms with E-state index >= 15 is 0 Å². The molecule has 12 nitrogen and oxygen atoms in total. The molecule has 1 saturated carbocycles. The van der Waals surface area contributed by atoms with Gasteiger partial charge in [0.25, 0.3) is 11.5 Å². The lowest BCUT2D eigenvalue weighted by Crippen LogP contribution is -2.35. The third kappa shape index (κ3) is 5.48. The molecule has 0 unspecified atom stereocenters. The van der Waals surface area contributed by atoms with Crippen molar-refractivity contribution in [2.45, 2.75) is 57.8 Å². The van der Waals surface area contributed by atoms with Gasteiger partial charge in [-0.3, -0.25) is 14.5 Å². The van der Waals surface area contributed by atoms with Crippen molar-refractivity contribution in [1.29, 1.82) is 0 Å². The Balaban J connectivity index is 1.73. The highest BCUT2D eigenvalue weighted by Gasteiger charge is 2.29. The number of methoxy groups -OCH3 is 1. The Bertz CT molecular complexity index is 1330. The van der Waals surface area contributed by atoms with Crippen LogP contribution in [0.4, 0.5) is 22.1 Å². The first kappa shape index (κ1) is 25.2. The van der Waals surface area contributed by atoms with Gasteiger partial charge in [-0.2, -0.15) is 9.61 Å². The van der Waals surface area contributed by atoms with Crippen molar-refractivity contribution in [2.75, 3.05) is 24.4 Å². The second-order valence-corrected chi connectivity index (χ2v) is 9.71. The molecule has 0 spiro atoms. The standard InChI is InChI=1S/C24H31N7O5/c1-24(2,3)36-23(34)30(4)19-12-18(28-17-7-6-10-25-22(17)33)29-20-16(13-26-31(19)20)21(32)27-14-8-9-15(11-14)35-5/h6-7,10,12-15H,8-9,11H2,1-5H3,(H,25,33)(H,27,32)(H,28,29)/t14-,15-/m1/s1. The predicted molar refractivity (Wildman–Crippen MR) is 134 cm³/mol. The van der Waals surface area contributed by atoms with Crippen molar-refractivity contribution in [3.8, 4) is 0 Å². The summed E-state index contributed by atoms with van der Waals surface area (Å²) in [5.41, 5.74) is -0.354. The monoisotopic (exact) mass is 497 g/mol. The van der Waals surface area contributed by atoms with Crippen LogP contribution in [0.25, 0.3) is 5.65 Å². The number of aromatic amines is 1. The van der Waals surface area contributed by atoms with Gasteiger partial charge in [-0.05, 0) is 52.2 Å². The minimum atomic E-state index is -0.716. The first-order chi connectivity index (χ1) is 17.1. The number of hydrogen-bond acceptors (Lipinski definition) is 8. The molecule has 192 valence electrons. The fourth-order valence-electron chi connectivity index (χ4n) is 4.04. The van der Waals surface area contributed by atoms with Gasteiger partial charge in [0, 0.05) is 32.5 Å². The Kier molecular flexibility index (Phi) is 6.97. The molecule has 1 aliphatic rings. The predicted octanol–water partition coefficient (Wildman–Crippen LogP) is 2.83. The lowest BCUT2D eigenvalue weighted by atomic mass is 10.2. The van der Waals surface area contributed by atoms with Crippen molar-refractivity contribution in [3.05, 3.63) is 46.5 Å². The Morgan fingerprint density at radius 3 is 2.72 bits per heavy atom.